The molecule has 72 valence electrons. The fraction of sp³-hybridized carbons (Fsp3) is 0.0909. The van der Waals surface area contributed by atoms with Crippen LogP contribution in [0.3, 0.4) is 0 Å². The van der Waals surface area contributed by atoms with Crippen LogP contribution >= 0.6 is 0 Å². The highest BCUT2D eigenvalue weighted by Gasteiger charge is 1.96. The Labute approximate surface area is 83.2 Å². The van der Waals surface area contributed by atoms with Crippen LogP contribution < -0.4 is 5.32 Å². The number of pyridine rings is 1. The van der Waals surface area contributed by atoms with Gasteiger partial charge < -0.3 is 5.32 Å². The third-order valence-electron chi connectivity index (χ3n) is 1.61. The Morgan fingerprint density at radius 1 is 1.50 bits per heavy atom. The molecule has 0 amide bonds. The number of hydrogen-bond donors (Lipinski definition) is 1. The minimum atomic E-state index is 0.743. The Kier molecular flexibility index (Phi) is 4.14. The second-order valence-electron chi connectivity index (χ2n) is 2.60. The summed E-state index contributed by atoms with van der Waals surface area (Å²) in [6.07, 6.45) is 7.41. The van der Waals surface area contributed by atoms with Gasteiger partial charge in [0.05, 0.1) is 5.69 Å². The lowest BCUT2D eigenvalue weighted by Crippen LogP contribution is -1.96. The number of allylic oxidation sites excluding steroid dienone is 3. The highest BCUT2D eigenvalue weighted by molar-refractivity contribution is 5.77. The maximum atomic E-state index is 10.2. The summed E-state index contributed by atoms with van der Waals surface area (Å²) >= 11 is 0. The van der Waals surface area contributed by atoms with E-state index in [1.165, 1.54) is 6.08 Å². The van der Waals surface area contributed by atoms with E-state index in [1.54, 1.807) is 25.5 Å². The summed E-state index contributed by atoms with van der Waals surface area (Å²) in [7, 11) is 1.80. The van der Waals surface area contributed by atoms with E-state index in [9.17, 15) is 4.79 Å². The predicted molar refractivity (Wildman–Crippen MR) is 56.5 cm³/mol. The summed E-state index contributed by atoms with van der Waals surface area (Å²) < 4.78 is 0. The molecule has 0 unspecified atom stereocenters. The molecule has 0 saturated carbocycles. The van der Waals surface area contributed by atoms with Gasteiger partial charge in [-0.1, -0.05) is 6.07 Å². The molecule has 0 radical (unpaired) electrons. The quantitative estimate of drug-likeness (QED) is 0.441. The largest absolute Gasteiger partial charge is 0.393 e. The lowest BCUT2D eigenvalue weighted by Gasteiger charge is -2.00. The van der Waals surface area contributed by atoms with Crippen LogP contribution in [0, 0.1) is 0 Å². The smallest absolute Gasteiger partial charge is 0.142 e. The zero-order valence-corrected chi connectivity index (χ0v) is 7.97. The second-order valence-corrected chi connectivity index (χ2v) is 2.60. The average molecular weight is 188 g/mol. The summed E-state index contributed by atoms with van der Waals surface area (Å²) in [6, 6.07) is 5.64. The van der Waals surface area contributed by atoms with E-state index in [0.29, 0.717) is 0 Å². The van der Waals surface area contributed by atoms with Crippen LogP contribution in [0.4, 0.5) is 0 Å². The standard InChI is InChI=1S/C11H12N2O/c1-12-9-10(5-4-8-14)11-6-2-3-7-13-11/h2-9,12H,1H3/b5-4-,10-9+. The normalized spacial score (nSPS) is 11.6. The SMILES string of the molecule is CN/C=C(\C=C/C=O)c1ccccn1. The molecule has 0 bridgehead atoms. The Morgan fingerprint density at radius 3 is 2.93 bits per heavy atom. The van der Waals surface area contributed by atoms with Gasteiger partial charge in [-0.15, -0.1) is 0 Å². The van der Waals surface area contributed by atoms with Gasteiger partial charge in [-0.2, -0.15) is 0 Å². The van der Waals surface area contributed by atoms with Crippen molar-refractivity contribution in [2.24, 2.45) is 0 Å². The summed E-state index contributed by atoms with van der Waals surface area (Å²) in [5, 5.41) is 2.91. The molecule has 14 heavy (non-hydrogen) atoms. The molecule has 1 N–H and O–H groups in total. The van der Waals surface area contributed by atoms with Gasteiger partial charge in [0.25, 0.3) is 0 Å². The van der Waals surface area contributed by atoms with E-state index >= 15 is 0 Å². The number of carbonyl (C=O) groups excluding carboxylic acids is 1. The highest BCUT2D eigenvalue weighted by Crippen LogP contribution is 2.10. The highest BCUT2D eigenvalue weighted by atomic mass is 16.1. The van der Waals surface area contributed by atoms with Crippen molar-refractivity contribution >= 4 is 11.9 Å². The molecule has 0 atom stereocenters. The average Bonchev–Trinajstić information content (AvgIpc) is 2.25. The van der Waals surface area contributed by atoms with Gasteiger partial charge in [0.2, 0.25) is 0 Å². The molecule has 0 saturated heterocycles. The van der Waals surface area contributed by atoms with Gasteiger partial charge in [0.15, 0.2) is 0 Å². The van der Waals surface area contributed by atoms with Crippen molar-refractivity contribution in [1.29, 1.82) is 0 Å². The van der Waals surface area contributed by atoms with Crippen molar-refractivity contribution in [3.05, 3.63) is 48.4 Å². The first-order valence-electron chi connectivity index (χ1n) is 4.29. The number of carbonyl (C=O) groups is 1. The van der Waals surface area contributed by atoms with E-state index in [4.69, 9.17) is 0 Å². The maximum Gasteiger partial charge on any atom is 0.142 e. The van der Waals surface area contributed by atoms with Crippen LogP contribution in [0.5, 0.6) is 0 Å². The van der Waals surface area contributed by atoms with Crippen molar-refractivity contribution in [2.45, 2.75) is 0 Å². The summed E-state index contributed by atoms with van der Waals surface area (Å²) in [6.45, 7) is 0. The molecule has 0 fully saturated rings. The van der Waals surface area contributed by atoms with Crippen LogP contribution in [0.15, 0.2) is 42.7 Å². The lowest BCUT2D eigenvalue weighted by molar-refractivity contribution is -0.104. The topological polar surface area (TPSA) is 42.0 Å². The number of aldehydes is 1. The molecule has 3 nitrogen and oxygen atoms in total. The lowest BCUT2D eigenvalue weighted by atomic mass is 10.1. The van der Waals surface area contributed by atoms with Crippen LogP contribution in [-0.4, -0.2) is 18.3 Å². The van der Waals surface area contributed by atoms with E-state index in [1.807, 2.05) is 18.2 Å². The van der Waals surface area contributed by atoms with Gasteiger partial charge in [-0.05, 0) is 24.3 Å². The van der Waals surface area contributed by atoms with Gasteiger partial charge in [0.1, 0.15) is 6.29 Å². The van der Waals surface area contributed by atoms with Crippen molar-refractivity contribution in [3.8, 4) is 0 Å². The first-order chi connectivity index (χ1) is 6.88. The minimum absolute atomic E-state index is 0.743. The first kappa shape index (κ1) is 10.2. The Hall–Kier alpha value is -1.90. The third-order valence-corrected chi connectivity index (χ3v) is 1.61. The summed E-state index contributed by atoms with van der Waals surface area (Å²) in [5.41, 5.74) is 1.71. The molecular weight excluding hydrogens is 176 g/mol. The Bertz CT molecular complexity index is 342. The number of nitrogens with one attached hydrogen (secondary N) is 1. The van der Waals surface area contributed by atoms with Crippen molar-refractivity contribution in [2.75, 3.05) is 7.05 Å². The van der Waals surface area contributed by atoms with Crippen molar-refractivity contribution < 1.29 is 4.79 Å². The maximum absolute atomic E-state index is 10.2. The zero-order chi connectivity index (χ0) is 10.2. The van der Waals surface area contributed by atoms with Crippen LogP contribution in [0.2, 0.25) is 0 Å². The Morgan fingerprint density at radius 2 is 2.36 bits per heavy atom. The predicted octanol–water partition coefficient (Wildman–Crippen LogP) is 1.40. The Balaban J connectivity index is 2.95. The third kappa shape index (κ3) is 2.86. The molecule has 0 spiro atoms. The van der Waals surface area contributed by atoms with Crippen LogP contribution in [0.1, 0.15) is 5.69 Å². The molecular formula is C11H12N2O. The first-order valence-corrected chi connectivity index (χ1v) is 4.29. The molecule has 0 aliphatic heterocycles. The van der Waals surface area contributed by atoms with Crippen molar-refractivity contribution in [3.63, 3.8) is 0 Å². The minimum Gasteiger partial charge on any atom is -0.393 e. The van der Waals surface area contributed by atoms with Crippen LogP contribution in [0.25, 0.3) is 5.57 Å². The van der Waals surface area contributed by atoms with Crippen LogP contribution in [-0.2, 0) is 4.79 Å². The van der Waals surface area contributed by atoms with E-state index in [0.717, 1.165) is 17.6 Å². The van der Waals surface area contributed by atoms with Gasteiger partial charge in [-0.25, -0.2) is 0 Å². The van der Waals surface area contributed by atoms with E-state index < -0.39 is 0 Å². The van der Waals surface area contributed by atoms with E-state index in [-0.39, 0.29) is 0 Å². The molecule has 1 rings (SSSR count). The summed E-state index contributed by atoms with van der Waals surface area (Å²) in [4.78, 5) is 14.4. The second kappa shape index (κ2) is 5.70. The van der Waals surface area contributed by atoms with E-state index in [2.05, 4.69) is 10.3 Å². The molecule has 0 aliphatic rings. The molecule has 0 aliphatic carbocycles. The molecule has 1 heterocycles. The fourth-order valence-corrected chi connectivity index (χ4v) is 1.04. The number of hydrogen-bond acceptors (Lipinski definition) is 3. The molecule has 1 aromatic rings. The zero-order valence-electron chi connectivity index (χ0n) is 7.97. The summed E-state index contributed by atoms with van der Waals surface area (Å²) in [5.74, 6) is 0. The van der Waals surface area contributed by atoms with Crippen molar-refractivity contribution in [1.82, 2.24) is 10.3 Å². The van der Waals surface area contributed by atoms with Gasteiger partial charge in [0, 0.05) is 25.0 Å². The molecule has 1 aromatic heterocycles. The number of aromatic nitrogens is 1. The van der Waals surface area contributed by atoms with Gasteiger partial charge in [-0.3, -0.25) is 9.78 Å². The fourth-order valence-electron chi connectivity index (χ4n) is 1.04. The number of rotatable bonds is 4. The number of nitrogens with zero attached hydrogens (tertiary/aromatic N) is 1. The monoisotopic (exact) mass is 188 g/mol. The van der Waals surface area contributed by atoms with Gasteiger partial charge >= 0.3 is 0 Å². The molecule has 0 aromatic carbocycles. The molecule has 3 heteroatoms.